The zero-order valence-electron chi connectivity index (χ0n) is 6.95. The van der Waals surface area contributed by atoms with Gasteiger partial charge in [-0.3, -0.25) is 10.1 Å². The van der Waals surface area contributed by atoms with Gasteiger partial charge in [-0.2, -0.15) is 4.99 Å². The first kappa shape index (κ1) is 12.1. The second kappa shape index (κ2) is 4.97. The van der Waals surface area contributed by atoms with Crippen molar-refractivity contribution in [2.75, 3.05) is 0 Å². The van der Waals surface area contributed by atoms with E-state index in [1.165, 1.54) is 12.1 Å². The van der Waals surface area contributed by atoms with Crippen molar-refractivity contribution >= 4 is 29.9 Å². The van der Waals surface area contributed by atoms with E-state index < -0.39 is 4.92 Å². The number of aliphatic imine (C=N–C) groups is 1. The number of nitrogens with zero attached hydrogens (tertiary/aromatic N) is 3. The summed E-state index contributed by atoms with van der Waals surface area (Å²) in [5.41, 5.74) is 10.1. The summed E-state index contributed by atoms with van der Waals surface area (Å²) in [7, 11) is 0. The smallest absolute Gasteiger partial charge is 0.287 e. The van der Waals surface area contributed by atoms with Gasteiger partial charge in [0.1, 0.15) is 6.20 Å². The fraction of sp³-hybridized carbons (Fsp3) is 0. The molecule has 1 heterocycles. The van der Waals surface area contributed by atoms with Crippen molar-refractivity contribution in [2.45, 2.75) is 0 Å². The van der Waals surface area contributed by atoms with Crippen LogP contribution < -0.4 is 11.5 Å². The molecular weight excluding hydrogens is 210 g/mol. The number of nitro groups is 1. The molecule has 0 radical (unpaired) electrons. The van der Waals surface area contributed by atoms with E-state index >= 15 is 0 Å². The molecule has 0 atom stereocenters. The molecule has 4 N–H and O–H groups in total. The normalized spacial score (nSPS) is 8.57. The Bertz CT molecular complexity index is 346. The second-order valence-electron chi connectivity index (χ2n) is 2.17. The highest BCUT2D eigenvalue weighted by molar-refractivity contribution is 5.85. The van der Waals surface area contributed by atoms with Gasteiger partial charge in [0.25, 0.3) is 5.69 Å². The van der Waals surface area contributed by atoms with E-state index in [1.807, 2.05) is 0 Å². The van der Waals surface area contributed by atoms with Crippen molar-refractivity contribution in [3.8, 4) is 0 Å². The molecule has 0 saturated heterocycles. The van der Waals surface area contributed by atoms with Gasteiger partial charge >= 0.3 is 0 Å². The van der Waals surface area contributed by atoms with Gasteiger partial charge in [-0.1, -0.05) is 0 Å². The summed E-state index contributed by atoms with van der Waals surface area (Å²) >= 11 is 0. The molecule has 8 heteroatoms. The Kier molecular flexibility index (Phi) is 4.30. The molecule has 14 heavy (non-hydrogen) atoms. The van der Waals surface area contributed by atoms with Crippen molar-refractivity contribution in [3.63, 3.8) is 0 Å². The molecule has 1 aromatic heterocycles. The maximum atomic E-state index is 10.2. The number of nitrogens with two attached hydrogens (primary N) is 2. The van der Waals surface area contributed by atoms with Gasteiger partial charge in [0.2, 0.25) is 0 Å². The Balaban J connectivity index is 0.00000169. The standard InChI is InChI=1S/C6H7N5O2.ClH/c7-6(8)10-5-2-1-4(3-9-5)11(12)13;/h1-3H,(H4,7,8,9,10);1H. The van der Waals surface area contributed by atoms with Crippen LogP contribution in [-0.2, 0) is 0 Å². The SMILES string of the molecule is Cl.NC(N)=Nc1ccc([N+](=O)[O-])cn1. The summed E-state index contributed by atoms with van der Waals surface area (Å²) in [5, 5.41) is 10.2. The lowest BCUT2D eigenvalue weighted by molar-refractivity contribution is -0.385. The number of hydrogen-bond acceptors (Lipinski definition) is 4. The van der Waals surface area contributed by atoms with Crippen LogP contribution in [0.15, 0.2) is 23.3 Å². The number of halogens is 1. The molecule has 7 nitrogen and oxygen atoms in total. The first-order valence-corrected chi connectivity index (χ1v) is 3.29. The molecule has 76 valence electrons. The highest BCUT2D eigenvalue weighted by Gasteiger charge is 2.04. The van der Waals surface area contributed by atoms with E-state index in [4.69, 9.17) is 11.5 Å². The number of pyridine rings is 1. The van der Waals surface area contributed by atoms with Gasteiger partial charge in [-0.25, -0.2) is 4.98 Å². The van der Waals surface area contributed by atoms with Crippen LogP contribution in [0, 0.1) is 10.1 Å². The van der Waals surface area contributed by atoms with Crippen molar-refractivity contribution in [2.24, 2.45) is 16.5 Å². The van der Waals surface area contributed by atoms with Crippen LogP contribution in [0.2, 0.25) is 0 Å². The Morgan fingerprint density at radius 3 is 2.50 bits per heavy atom. The van der Waals surface area contributed by atoms with Crippen LogP contribution in [0.3, 0.4) is 0 Å². The largest absolute Gasteiger partial charge is 0.370 e. The number of rotatable bonds is 2. The van der Waals surface area contributed by atoms with Crippen molar-refractivity contribution in [1.82, 2.24) is 4.98 Å². The topological polar surface area (TPSA) is 120 Å². The highest BCUT2D eigenvalue weighted by Crippen LogP contribution is 2.13. The maximum Gasteiger partial charge on any atom is 0.287 e. The van der Waals surface area contributed by atoms with E-state index in [2.05, 4.69) is 9.98 Å². The van der Waals surface area contributed by atoms with E-state index in [1.54, 1.807) is 0 Å². The molecule has 0 saturated carbocycles. The first-order valence-electron chi connectivity index (χ1n) is 3.29. The lowest BCUT2D eigenvalue weighted by Gasteiger charge is -1.93. The van der Waals surface area contributed by atoms with Gasteiger partial charge < -0.3 is 11.5 Å². The van der Waals surface area contributed by atoms with Gasteiger partial charge in [0, 0.05) is 6.07 Å². The van der Waals surface area contributed by atoms with E-state index in [0.29, 0.717) is 0 Å². The Morgan fingerprint density at radius 2 is 2.14 bits per heavy atom. The number of guanidine groups is 1. The third kappa shape index (κ3) is 3.23. The van der Waals surface area contributed by atoms with Gasteiger partial charge in [0.15, 0.2) is 11.8 Å². The molecule has 1 rings (SSSR count). The molecular formula is C6H8ClN5O2. The minimum Gasteiger partial charge on any atom is -0.370 e. The van der Waals surface area contributed by atoms with Crippen LogP contribution in [0.1, 0.15) is 0 Å². The lowest BCUT2D eigenvalue weighted by atomic mass is 10.4. The summed E-state index contributed by atoms with van der Waals surface area (Å²) < 4.78 is 0. The summed E-state index contributed by atoms with van der Waals surface area (Å²) in [6.07, 6.45) is 1.09. The molecule has 0 spiro atoms. The van der Waals surface area contributed by atoms with Crippen molar-refractivity contribution in [3.05, 3.63) is 28.4 Å². The molecule has 1 aromatic rings. The molecule has 0 aliphatic rings. The third-order valence-corrected chi connectivity index (χ3v) is 1.19. The molecule has 0 fully saturated rings. The van der Waals surface area contributed by atoms with Crippen molar-refractivity contribution < 1.29 is 4.92 Å². The van der Waals surface area contributed by atoms with Gasteiger partial charge in [-0.15, -0.1) is 12.4 Å². The minimum absolute atomic E-state index is 0. The minimum atomic E-state index is -0.549. The van der Waals surface area contributed by atoms with Crippen LogP contribution >= 0.6 is 12.4 Å². The third-order valence-electron chi connectivity index (χ3n) is 1.19. The van der Waals surface area contributed by atoms with Gasteiger partial charge in [0.05, 0.1) is 4.92 Å². The first-order chi connectivity index (χ1) is 6.09. The average molecular weight is 218 g/mol. The van der Waals surface area contributed by atoms with E-state index in [9.17, 15) is 10.1 Å². The van der Waals surface area contributed by atoms with Crippen LogP contribution in [0.4, 0.5) is 11.5 Å². The summed E-state index contributed by atoms with van der Waals surface area (Å²) in [5.74, 6) is 0.104. The predicted octanol–water partition coefficient (Wildman–Crippen LogP) is 0.316. The molecule has 0 aliphatic heterocycles. The van der Waals surface area contributed by atoms with Crippen molar-refractivity contribution in [1.29, 1.82) is 0 Å². The van der Waals surface area contributed by atoms with Crippen LogP contribution in [0.25, 0.3) is 0 Å². The Labute approximate surface area is 85.4 Å². The lowest BCUT2D eigenvalue weighted by Crippen LogP contribution is -2.22. The predicted molar refractivity (Wildman–Crippen MR) is 53.6 cm³/mol. The Morgan fingerprint density at radius 1 is 1.50 bits per heavy atom. The second-order valence-corrected chi connectivity index (χ2v) is 2.17. The van der Waals surface area contributed by atoms with E-state index in [0.717, 1.165) is 6.20 Å². The summed E-state index contributed by atoms with van der Waals surface area (Å²) in [4.78, 5) is 16.9. The van der Waals surface area contributed by atoms with Crippen LogP contribution in [0.5, 0.6) is 0 Å². The zero-order chi connectivity index (χ0) is 9.84. The summed E-state index contributed by atoms with van der Waals surface area (Å²) in [6.45, 7) is 0. The van der Waals surface area contributed by atoms with Crippen LogP contribution in [-0.4, -0.2) is 15.9 Å². The Hall–Kier alpha value is -1.89. The fourth-order valence-corrected chi connectivity index (χ4v) is 0.685. The molecule has 0 unspecified atom stereocenters. The molecule has 0 amide bonds. The molecule has 0 aliphatic carbocycles. The number of aromatic nitrogens is 1. The van der Waals surface area contributed by atoms with Gasteiger partial charge in [-0.05, 0) is 6.07 Å². The molecule has 0 aromatic carbocycles. The monoisotopic (exact) mass is 217 g/mol. The zero-order valence-corrected chi connectivity index (χ0v) is 7.77. The maximum absolute atomic E-state index is 10.2. The highest BCUT2D eigenvalue weighted by atomic mass is 35.5. The fourth-order valence-electron chi connectivity index (χ4n) is 0.685. The average Bonchev–Trinajstić information content (AvgIpc) is 2.04. The molecule has 0 bridgehead atoms. The van der Waals surface area contributed by atoms with E-state index in [-0.39, 0.29) is 29.9 Å². The number of hydrogen-bond donors (Lipinski definition) is 2. The quantitative estimate of drug-likeness (QED) is 0.320. The summed E-state index contributed by atoms with van der Waals surface area (Å²) in [6, 6.07) is 2.63.